The summed E-state index contributed by atoms with van der Waals surface area (Å²) in [5.74, 6) is -4.29. The molecule has 2 aromatic heterocycles. The van der Waals surface area contributed by atoms with Crippen molar-refractivity contribution < 1.29 is 37.1 Å². The molecule has 0 aliphatic rings. The molecule has 0 radical (unpaired) electrons. The number of rotatable bonds is 15. The number of carbonyl (C=O) groups is 5. The van der Waals surface area contributed by atoms with E-state index in [4.69, 9.17) is 0 Å². The molecule has 266 valence electrons. The molecule has 3 atom stereocenters. The van der Waals surface area contributed by atoms with E-state index in [0.717, 1.165) is 17.4 Å². The van der Waals surface area contributed by atoms with E-state index < -0.39 is 69.9 Å². The van der Waals surface area contributed by atoms with E-state index in [-0.39, 0.29) is 46.1 Å². The molecule has 0 aliphatic carbocycles. The van der Waals surface area contributed by atoms with Crippen LogP contribution in [0.2, 0.25) is 0 Å². The number of hydrogen-bond acceptors (Lipinski definition) is 8. The highest BCUT2D eigenvalue weighted by atomic mass is 32.1. The van der Waals surface area contributed by atoms with Crippen LogP contribution in [0.25, 0.3) is 0 Å². The number of carbonyl (C=O) groups excluding carboxylic acids is 5. The lowest BCUT2D eigenvalue weighted by molar-refractivity contribution is -0.137. The number of aromatic nitrogens is 2. The Labute approximate surface area is 281 Å². The quantitative estimate of drug-likeness (QED) is 0.202. The lowest BCUT2D eigenvalue weighted by atomic mass is 9.60. The monoisotopic (exact) mass is 698 g/mol. The molecule has 0 aromatic carbocycles. The fourth-order valence-corrected chi connectivity index (χ4v) is 6.26. The first-order valence-corrected chi connectivity index (χ1v) is 16.4. The Hall–Kier alpha value is -4.08. The lowest BCUT2D eigenvalue weighted by Gasteiger charge is -2.48. The van der Waals surface area contributed by atoms with E-state index >= 15 is 0 Å². The van der Waals surface area contributed by atoms with Gasteiger partial charge in [-0.15, -0.1) is 11.3 Å². The van der Waals surface area contributed by atoms with Crippen molar-refractivity contribution in [2.75, 3.05) is 12.4 Å². The van der Waals surface area contributed by atoms with Gasteiger partial charge in [-0.2, -0.15) is 13.2 Å². The number of pyridine rings is 1. The molecule has 0 aliphatic heterocycles. The van der Waals surface area contributed by atoms with Crippen molar-refractivity contribution in [2.45, 2.75) is 105 Å². The van der Waals surface area contributed by atoms with Crippen LogP contribution >= 0.6 is 11.3 Å². The number of hydrogen-bond donors (Lipinski definition) is 4. The molecule has 0 fully saturated rings. The van der Waals surface area contributed by atoms with Crippen molar-refractivity contribution in [1.82, 2.24) is 25.5 Å². The van der Waals surface area contributed by atoms with Gasteiger partial charge in [0, 0.05) is 25.7 Å². The van der Waals surface area contributed by atoms with Gasteiger partial charge in [0.1, 0.15) is 23.2 Å². The second kappa shape index (κ2) is 16.3. The number of alkyl halides is 3. The van der Waals surface area contributed by atoms with Crippen molar-refractivity contribution in [3.63, 3.8) is 0 Å². The maximum atomic E-state index is 13.4. The Morgan fingerprint density at radius 1 is 1.04 bits per heavy atom. The third-order valence-electron chi connectivity index (χ3n) is 8.59. The van der Waals surface area contributed by atoms with E-state index in [9.17, 15) is 41.9 Å². The van der Waals surface area contributed by atoms with Gasteiger partial charge in [0.05, 0.1) is 5.69 Å². The Balaban J connectivity index is 2.31. The largest absolute Gasteiger partial charge is 0.443 e. The standard InChI is InChI=1S/C32H45F3N6O6S/c1-9-15-31(7,30(4,5)6)22(10-2)40-23(43)17-41-16-11-12-20(28(41)47)39-25(44)19(13-14-21(42)26(45)36-8)38-27(46)24-18(3)37-29(48-24)32(33,34)35/h11-12,16,19,22H,9-10,13-15,17H2,1-8H3,(H,36,45)(H,38,46)(H,39,44)(H,40,43). The van der Waals surface area contributed by atoms with Gasteiger partial charge in [0.2, 0.25) is 17.6 Å². The summed E-state index contributed by atoms with van der Waals surface area (Å²) in [5, 5.41) is 8.65. The number of nitrogens with zero attached hydrogens (tertiary/aromatic N) is 2. The average Bonchev–Trinajstić information content (AvgIpc) is 3.41. The molecule has 0 saturated carbocycles. The summed E-state index contributed by atoms with van der Waals surface area (Å²) < 4.78 is 40.6. The fourth-order valence-electron chi connectivity index (χ4n) is 5.42. The lowest BCUT2D eigenvalue weighted by Crippen LogP contribution is -2.53. The SMILES string of the molecule is CCCC(C)(C(CC)NC(=O)Cn1cccc(NC(=O)C(CCC(=O)C(=O)NC)NC(=O)c2sc(C(F)(F)F)nc2C)c1=O)C(C)(C)C. The fraction of sp³-hybridized carbons (Fsp3) is 0.594. The van der Waals surface area contributed by atoms with E-state index in [2.05, 4.69) is 60.9 Å². The van der Waals surface area contributed by atoms with Crippen molar-refractivity contribution >= 4 is 46.4 Å². The van der Waals surface area contributed by atoms with Crippen molar-refractivity contribution in [2.24, 2.45) is 10.8 Å². The van der Waals surface area contributed by atoms with Crippen LogP contribution in [-0.2, 0) is 31.9 Å². The van der Waals surface area contributed by atoms with Gasteiger partial charge in [-0.1, -0.05) is 48.0 Å². The highest BCUT2D eigenvalue weighted by Gasteiger charge is 2.43. The predicted molar refractivity (Wildman–Crippen MR) is 175 cm³/mol. The first-order valence-electron chi connectivity index (χ1n) is 15.6. The van der Waals surface area contributed by atoms with Gasteiger partial charge in [0.15, 0.2) is 5.01 Å². The molecular weight excluding hydrogens is 653 g/mol. The van der Waals surface area contributed by atoms with E-state index in [0.29, 0.717) is 6.42 Å². The maximum Gasteiger partial charge on any atom is 0.443 e. The smallest absolute Gasteiger partial charge is 0.353 e. The highest BCUT2D eigenvalue weighted by Crippen LogP contribution is 2.46. The van der Waals surface area contributed by atoms with Crippen LogP contribution in [0, 0.1) is 17.8 Å². The van der Waals surface area contributed by atoms with Crippen LogP contribution in [0.1, 0.15) is 94.0 Å². The van der Waals surface area contributed by atoms with E-state index in [1.54, 1.807) is 0 Å². The zero-order chi connectivity index (χ0) is 36.6. The third-order valence-corrected chi connectivity index (χ3v) is 9.80. The van der Waals surface area contributed by atoms with Gasteiger partial charge < -0.3 is 25.8 Å². The van der Waals surface area contributed by atoms with Crippen LogP contribution in [0.5, 0.6) is 0 Å². The third kappa shape index (κ3) is 9.97. The molecular formula is C32H45F3N6O6S. The minimum absolute atomic E-state index is 0.0839. The number of ketones is 1. The Morgan fingerprint density at radius 3 is 2.21 bits per heavy atom. The van der Waals surface area contributed by atoms with Gasteiger partial charge in [-0.3, -0.25) is 28.8 Å². The summed E-state index contributed by atoms with van der Waals surface area (Å²) in [5.41, 5.74) is -1.58. The van der Waals surface area contributed by atoms with Crippen LogP contribution in [0.15, 0.2) is 23.1 Å². The molecule has 0 saturated heterocycles. The van der Waals surface area contributed by atoms with Crippen molar-refractivity contribution in [1.29, 1.82) is 0 Å². The molecule has 3 unspecified atom stereocenters. The number of anilines is 1. The highest BCUT2D eigenvalue weighted by molar-refractivity contribution is 7.13. The van der Waals surface area contributed by atoms with Gasteiger partial charge >= 0.3 is 6.18 Å². The van der Waals surface area contributed by atoms with Gasteiger partial charge in [-0.05, 0) is 49.1 Å². The summed E-state index contributed by atoms with van der Waals surface area (Å²) in [6.45, 7) is 13.4. The van der Waals surface area contributed by atoms with Crippen LogP contribution in [0.4, 0.5) is 18.9 Å². The Bertz CT molecular complexity index is 1560. The second-order valence-corrected chi connectivity index (χ2v) is 13.8. The first-order chi connectivity index (χ1) is 22.2. The summed E-state index contributed by atoms with van der Waals surface area (Å²) in [6.07, 6.45) is -1.89. The van der Waals surface area contributed by atoms with E-state index in [1.807, 2.05) is 6.92 Å². The Morgan fingerprint density at radius 2 is 1.69 bits per heavy atom. The number of likely N-dealkylation sites (N-methyl/N-ethyl adjacent to an activating group) is 1. The molecule has 4 amide bonds. The number of amides is 4. The summed E-state index contributed by atoms with van der Waals surface area (Å²) in [6, 6.07) is 0.982. The zero-order valence-corrected chi connectivity index (χ0v) is 29.3. The molecule has 2 heterocycles. The predicted octanol–water partition coefficient (Wildman–Crippen LogP) is 4.21. The number of halogens is 3. The van der Waals surface area contributed by atoms with Gasteiger partial charge in [0.25, 0.3) is 17.4 Å². The molecule has 16 heteroatoms. The molecule has 2 rings (SSSR count). The zero-order valence-electron chi connectivity index (χ0n) is 28.5. The second-order valence-electron chi connectivity index (χ2n) is 12.8. The molecule has 48 heavy (non-hydrogen) atoms. The van der Waals surface area contributed by atoms with Gasteiger partial charge in [-0.25, -0.2) is 4.98 Å². The number of thiazole rings is 1. The molecule has 0 bridgehead atoms. The molecule has 12 nitrogen and oxygen atoms in total. The summed E-state index contributed by atoms with van der Waals surface area (Å²) in [7, 11) is 1.23. The molecule has 2 aromatic rings. The minimum Gasteiger partial charge on any atom is -0.353 e. The Kier molecular flexibility index (Phi) is 13.7. The van der Waals surface area contributed by atoms with E-state index in [1.165, 1.54) is 32.3 Å². The normalized spacial score (nSPS) is 14.3. The number of aryl methyl sites for hydroxylation is 1. The number of nitrogens with one attached hydrogen (secondary N) is 4. The number of Topliss-reactive ketones (excluding diaryl/α,β-unsaturated/α-hetero) is 1. The van der Waals surface area contributed by atoms with Crippen LogP contribution < -0.4 is 26.8 Å². The maximum absolute atomic E-state index is 13.4. The van der Waals surface area contributed by atoms with Crippen molar-refractivity contribution in [3.8, 4) is 0 Å². The summed E-state index contributed by atoms with van der Waals surface area (Å²) >= 11 is 0.0839. The van der Waals surface area contributed by atoms with Crippen LogP contribution in [0.3, 0.4) is 0 Å². The first kappa shape index (κ1) is 40.1. The molecule has 4 N–H and O–H groups in total. The average molecular weight is 699 g/mol. The summed E-state index contributed by atoms with van der Waals surface area (Å²) in [4.78, 5) is 79.7. The van der Waals surface area contributed by atoms with Crippen molar-refractivity contribution in [3.05, 3.63) is 44.3 Å². The minimum atomic E-state index is -4.80. The van der Waals surface area contributed by atoms with Crippen LogP contribution in [-0.4, -0.2) is 58.1 Å². The molecule has 0 spiro atoms. The topological polar surface area (TPSA) is 168 Å².